The molecular formula is C18H32N2O. The third-order valence-corrected chi connectivity index (χ3v) is 6.50. The molecule has 1 amide bonds. The van der Waals surface area contributed by atoms with Crippen LogP contribution in [0.2, 0.25) is 0 Å². The highest BCUT2D eigenvalue weighted by Crippen LogP contribution is 2.44. The molecule has 3 fully saturated rings. The van der Waals surface area contributed by atoms with Crippen molar-refractivity contribution >= 4 is 5.91 Å². The lowest BCUT2D eigenvalue weighted by Gasteiger charge is -2.44. The molecule has 0 aromatic rings. The van der Waals surface area contributed by atoms with Gasteiger partial charge in [-0.15, -0.1) is 0 Å². The lowest BCUT2D eigenvalue weighted by atomic mass is 9.68. The molecular weight excluding hydrogens is 260 g/mol. The summed E-state index contributed by atoms with van der Waals surface area (Å²) in [7, 11) is 0. The van der Waals surface area contributed by atoms with E-state index in [-0.39, 0.29) is 6.04 Å². The monoisotopic (exact) mass is 292 g/mol. The minimum atomic E-state index is 0.261. The lowest BCUT2D eigenvalue weighted by molar-refractivity contribution is -0.135. The third kappa shape index (κ3) is 3.61. The molecule has 120 valence electrons. The highest BCUT2D eigenvalue weighted by molar-refractivity contribution is 5.76. The van der Waals surface area contributed by atoms with Gasteiger partial charge in [-0.3, -0.25) is 4.79 Å². The van der Waals surface area contributed by atoms with Gasteiger partial charge in [0.2, 0.25) is 5.91 Å². The summed E-state index contributed by atoms with van der Waals surface area (Å²) in [5.41, 5.74) is 6.79. The largest absolute Gasteiger partial charge is 0.343 e. The standard InChI is InChI=1S/C18H32N2O/c19-16-7-3-2-6-15(16)14-17(21)20-12-10-18(11-13-20)8-4-1-5-9-18/h15-16H,1-14,19H2. The van der Waals surface area contributed by atoms with E-state index in [1.165, 1.54) is 57.8 Å². The van der Waals surface area contributed by atoms with Crippen molar-refractivity contribution in [1.82, 2.24) is 4.90 Å². The summed E-state index contributed by atoms with van der Waals surface area (Å²) in [6.07, 6.45) is 15.0. The van der Waals surface area contributed by atoms with Gasteiger partial charge in [0.05, 0.1) is 0 Å². The van der Waals surface area contributed by atoms with Gasteiger partial charge < -0.3 is 10.6 Å². The van der Waals surface area contributed by atoms with Crippen LogP contribution in [0.1, 0.15) is 77.0 Å². The summed E-state index contributed by atoms with van der Waals surface area (Å²) in [5.74, 6) is 0.819. The average Bonchev–Trinajstić information content (AvgIpc) is 2.51. The Hall–Kier alpha value is -0.570. The first kappa shape index (κ1) is 15.3. The maximum atomic E-state index is 12.6. The quantitative estimate of drug-likeness (QED) is 0.847. The fraction of sp³-hybridized carbons (Fsp3) is 0.944. The number of hydrogen-bond acceptors (Lipinski definition) is 2. The molecule has 1 spiro atoms. The first-order valence-electron chi connectivity index (χ1n) is 9.22. The van der Waals surface area contributed by atoms with Crippen LogP contribution >= 0.6 is 0 Å². The van der Waals surface area contributed by atoms with Gasteiger partial charge in [0.25, 0.3) is 0 Å². The summed E-state index contributed by atoms with van der Waals surface area (Å²) in [6.45, 7) is 2.00. The predicted octanol–water partition coefficient (Wildman–Crippen LogP) is 3.47. The van der Waals surface area contributed by atoms with Gasteiger partial charge in [0.15, 0.2) is 0 Å². The average molecular weight is 292 g/mol. The maximum absolute atomic E-state index is 12.6. The molecule has 0 radical (unpaired) electrons. The Balaban J connectivity index is 1.48. The summed E-state index contributed by atoms with van der Waals surface area (Å²) in [6, 6.07) is 0.261. The first-order valence-corrected chi connectivity index (χ1v) is 9.22. The van der Waals surface area contributed by atoms with Crippen LogP contribution in [-0.2, 0) is 4.79 Å². The van der Waals surface area contributed by atoms with Crippen LogP contribution < -0.4 is 5.73 Å². The Morgan fingerprint density at radius 2 is 1.62 bits per heavy atom. The second-order valence-electron chi connectivity index (χ2n) is 7.85. The zero-order valence-corrected chi connectivity index (χ0v) is 13.5. The molecule has 2 atom stereocenters. The van der Waals surface area contributed by atoms with Gasteiger partial charge in [-0.1, -0.05) is 32.1 Å². The van der Waals surface area contributed by atoms with E-state index in [1.807, 2.05) is 0 Å². The molecule has 21 heavy (non-hydrogen) atoms. The third-order valence-electron chi connectivity index (χ3n) is 6.50. The van der Waals surface area contributed by atoms with E-state index in [9.17, 15) is 4.79 Å². The van der Waals surface area contributed by atoms with Crippen LogP contribution in [0.25, 0.3) is 0 Å². The predicted molar refractivity (Wildman–Crippen MR) is 85.9 cm³/mol. The Kier molecular flexibility index (Phi) is 4.88. The van der Waals surface area contributed by atoms with Gasteiger partial charge in [-0.05, 0) is 49.9 Å². The van der Waals surface area contributed by atoms with Crippen LogP contribution in [0.3, 0.4) is 0 Å². The smallest absolute Gasteiger partial charge is 0.222 e. The summed E-state index contributed by atoms with van der Waals surface area (Å²) in [4.78, 5) is 14.7. The summed E-state index contributed by atoms with van der Waals surface area (Å²) in [5, 5.41) is 0. The molecule has 3 rings (SSSR count). The molecule has 2 aliphatic carbocycles. The highest BCUT2D eigenvalue weighted by atomic mass is 16.2. The Bertz CT molecular complexity index is 352. The Morgan fingerprint density at radius 1 is 0.952 bits per heavy atom. The van der Waals surface area contributed by atoms with Crippen molar-refractivity contribution in [3.05, 3.63) is 0 Å². The van der Waals surface area contributed by atoms with Crippen LogP contribution in [0, 0.1) is 11.3 Å². The SMILES string of the molecule is NC1CCCCC1CC(=O)N1CCC2(CCCCC2)CC1. The topological polar surface area (TPSA) is 46.3 Å². The van der Waals surface area contributed by atoms with Crippen LogP contribution in [0.15, 0.2) is 0 Å². The van der Waals surface area contributed by atoms with Crippen molar-refractivity contribution < 1.29 is 4.79 Å². The van der Waals surface area contributed by atoms with Crippen LogP contribution in [-0.4, -0.2) is 29.9 Å². The second kappa shape index (κ2) is 6.68. The molecule has 2 saturated carbocycles. The van der Waals surface area contributed by atoms with Crippen molar-refractivity contribution in [1.29, 1.82) is 0 Å². The minimum Gasteiger partial charge on any atom is -0.343 e. The van der Waals surface area contributed by atoms with Gasteiger partial charge in [0.1, 0.15) is 0 Å². The number of carbonyl (C=O) groups is 1. The van der Waals surface area contributed by atoms with Crippen LogP contribution in [0.4, 0.5) is 0 Å². The number of nitrogens with zero attached hydrogens (tertiary/aromatic N) is 1. The van der Waals surface area contributed by atoms with Crippen molar-refractivity contribution in [2.45, 2.75) is 83.1 Å². The highest BCUT2D eigenvalue weighted by Gasteiger charge is 2.37. The minimum absolute atomic E-state index is 0.261. The number of nitrogens with two attached hydrogens (primary N) is 1. The fourth-order valence-electron chi connectivity index (χ4n) is 4.88. The normalized spacial score (nSPS) is 33.1. The number of likely N-dealkylation sites (tertiary alicyclic amines) is 1. The lowest BCUT2D eigenvalue weighted by Crippen LogP contribution is -2.45. The molecule has 1 aliphatic heterocycles. The van der Waals surface area contributed by atoms with E-state index in [0.29, 0.717) is 23.7 Å². The van der Waals surface area contributed by atoms with Gasteiger partial charge in [-0.25, -0.2) is 0 Å². The van der Waals surface area contributed by atoms with Crippen molar-refractivity contribution in [3.8, 4) is 0 Å². The molecule has 1 saturated heterocycles. The van der Waals surface area contributed by atoms with E-state index in [2.05, 4.69) is 4.90 Å². The van der Waals surface area contributed by atoms with E-state index in [4.69, 9.17) is 5.73 Å². The molecule has 0 bridgehead atoms. The molecule has 0 aromatic heterocycles. The van der Waals surface area contributed by atoms with E-state index < -0.39 is 0 Å². The molecule has 3 aliphatic rings. The van der Waals surface area contributed by atoms with E-state index in [1.54, 1.807) is 0 Å². The fourth-order valence-corrected chi connectivity index (χ4v) is 4.88. The summed E-state index contributed by atoms with van der Waals surface area (Å²) >= 11 is 0. The number of piperidine rings is 1. The van der Waals surface area contributed by atoms with Crippen molar-refractivity contribution in [2.24, 2.45) is 17.1 Å². The zero-order chi connectivity index (χ0) is 14.7. The molecule has 2 N–H and O–H groups in total. The van der Waals surface area contributed by atoms with Crippen molar-refractivity contribution in [3.63, 3.8) is 0 Å². The number of carbonyl (C=O) groups excluding carboxylic acids is 1. The number of rotatable bonds is 2. The van der Waals surface area contributed by atoms with E-state index >= 15 is 0 Å². The van der Waals surface area contributed by atoms with E-state index in [0.717, 1.165) is 25.9 Å². The number of amides is 1. The first-order chi connectivity index (χ1) is 10.2. The molecule has 3 nitrogen and oxygen atoms in total. The van der Waals surface area contributed by atoms with Crippen molar-refractivity contribution in [2.75, 3.05) is 13.1 Å². The molecule has 0 aromatic carbocycles. The molecule has 3 heteroatoms. The second-order valence-corrected chi connectivity index (χ2v) is 7.85. The van der Waals surface area contributed by atoms with Gasteiger partial charge in [-0.2, -0.15) is 0 Å². The zero-order valence-electron chi connectivity index (χ0n) is 13.5. The summed E-state index contributed by atoms with van der Waals surface area (Å²) < 4.78 is 0. The molecule has 1 heterocycles. The molecule has 2 unspecified atom stereocenters. The van der Waals surface area contributed by atoms with Gasteiger partial charge in [0, 0.05) is 25.6 Å². The Labute approximate surface area is 129 Å². The van der Waals surface area contributed by atoms with Crippen LogP contribution in [0.5, 0.6) is 0 Å². The van der Waals surface area contributed by atoms with Gasteiger partial charge >= 0.3 is 0 Å². The number of hydrogen-bond donors (Lipinski definition) is 1. The Morgan fingerprint density at radius 3 is 2.29 bits per heavy atom. The maximum Gasteiger partial charge on any atom is 0.222 e.